The average Bonchev–Trinajstić information content (AvgIpc) is 2.38. The van der Waals surface area contributed by atoms with E-state index in [1.165, 1.54) is 6.20 Å². The van der Waals surface area contributed by atoms with E-state index in [2.05, 4.69) is 15.3 Å². The summed E-state index contributed by atoms with van der Waals surface area (Å²) in [5.41, 5.74) is 1.04. The van der Waals surface area contributed by atoms with E-state index in [1.807, 2.05) is 13.8 Å². The van der Waals surface area contributed by atoms with E-state index in [9.17, 15) is 9.59 Å². The first-order chi connectivity index (χ1) is 9.52. The molecule has 0 spiro atoms. The van der Waals surface area contributed by atoms with Crippen LogP contribution < -0.4 is 10.7 Å². The molecule has 106 valence electrons. The molecule has 2 aromatic heterocycles. The zero-order chi connectivity index (χ0) is 14.7. The van der Waals surface area contributed by atoms with Crippen molar-refractivity contribution < 1.29 is 9.53 Å². The molecule has 2 N–H and O–H groups in total. The zero-order valence-electron chi connectivity index (χ0n) is 11.7. The number of methoxy groups -OCH3 is 1. The fourth-order valence-corrected chi connectivity index (χ4v) is 1.96. The number of ether oxygens (including phenoxy) is 1. The summed E-state index contributed by atoms with van der Waals surface area (Å²) in [4.78, 5) is 31.4. The van der Waals surface area contributed by atoms with E-state index in [4.69, 9.17) is 4.74 Å². The van der Waals surface area contributed by atoms with Crippen LogP contribution in [0.4, 0.5) is 0 Å². The number of nitrogens with one attached hydrogen (secondary N) is 2. The van der Waals surface area contributed by atoms with Crippen molar-refractivity contribution in [2.75, 3.05) is 13.7 Å². The Kier molecular flexibility index (Phi) is 4.14. The van der Waals surface area contributed by atoms with Gasteiger partial charge in [-0.2, -0.15) is 0 Å². The summed E-state index contributed by atoms with van der Waals surface area (Å²) in [6.07, 6.45) is 1.39. The lowest BCUT2D eigenvalue weighted by Gasteiger charge is -2.12. The predicted molar refractivity (Wildman–Crippen MR) is 75.9 cm³/mol. The predicted octanol–water partition coefficient (Wildman–Crippen LogP) is 0.996. The summed E-state index contributed by atoms with van der Waals surface area (Å²) in [5.74, 6) is -0.418. The number of fused-ring (bicyclic) bond motifs is 1. The number of amides is 1. The van der Waals surface area contributed by atoms with Crippen molar-refractivity contribution in [3.05, 3.63) is 39.8 Å². The van der Waals surface area contributed by atoms with Crippen LogP contribution in [0.2, 0.25) is 0 Å². The van der Waals surface area contributed by atoms with Crippen LogP contribution >= 0.6 is 0 Å². The smallest absolute Gasteiger partial charge is 0.257 e. The number of rotatable bonds is 4. The van der Waals surface area contributed by atoms with Gasteiger partial charge in [-0.25, -0.2) is 4.98 Å². The van der Waals surface area contributed by atoms with Crippen LogP contribution in [0.25, 0.3) is 11.0 Å². The highest BCUT2D eigenvalue weighted by Crippen LogP contribution is 2.06. The minimum Gasteiger partial charge on any atom is -0.383 e. The highest BCUT2D eigenvalue weighted by atomic mass is 16.5. The second-order valence-corrected chi connectivity index (χ2v) is 4.71. The Morgan fingerprint density at radius 3 is 2.95 bits per heavy atom. The van der Waals surface area contributed by atoms with Gasteiger partial charge in [-0.3, -0.25) is 9.59 Å². The first-order valence-electron chi connectivity index (χ1n) is 6.31. The Hall–Kier alpha value is -2.21. The molecule has 2 rings (SSSR count). The van der Waals surface area contributed by atoms with Gasteiger partial charge in [0.25, 0.3) is 5.91 Å². The number of aryl methyl sites for hydroxylation is 1. The number of aromatic nitrogens is 2. The number of carbonyl (C=O) groups is 1. The Bertz CT molecular complexity index is 694. The van der Waals surface area contributed by atoms with Gasteiger partial charge in [0.15, 0.2) is 0 Å². The Morgan fingerprint density at radius 1 is 1.50 bits per heavy atom. The molecule has 20 heavy (non-hydrogen) atoms. The molecule has 0 saturated carbocycles. The first-order valence-corrected chi connectivity index (χ1v) is 6.31. The van der Waals surface area contributed by atoms with Gasteiger partial charge >= 0.3 is 0 Å². The molecule has 0 aliphatic rings. The second-order valence-electron chi connectivity index (χ2n) is 4.71. The largest absolute Gasteiger partial charge is 0.383 e. The van der Waals surface area contributed by atoms with Gasteiger partial charge in [0.2, 0.25) is 5.43 Å². The van der Waals surface area contributed by atoms with E-state index >= 15 is 0 Å². The molecule has 0 aromatic carbocycles. The lowest BCUT2D eigenvalue weighted by Crippen LogP contribution is -2.38. The quantitative estimate of drug-likeness (QED) is 0.871. The topological polar surface area (TPSA) is 84.1 Å². The first kappa shape index (κ1) is 14.2. The molecule has 6 heteroatoms. The number of carbonyl (C=O) groups excluding carboxylic acids is 1. The Labute approximate surface area is 116 Å². The number of aromatic amines is 1. The van der Waals surface area contributed by atoms with Gasteiger partial charge in [-0.1, -0.05) is 0 Å². The molecule has 0 aliphatic heterocycles. The monoisotopic (exact) mass is 275 g/mol. The minimum atomic E-state index is -0.418. The molecule has 6 nitrogen and oxygen atoms in total. The highest BCUT2D eigenvalue weighted by Gasteiger charge is 2.15. The third-order valence-electron chi connectivity index (χ3n) is 2.92. The van der Waals surface area contributed by atoms with E-state index in [0.29, 0.717) is 17.6 Å². The number of pyridine rings is 2. The molecule has 0 radical (unpaired) electrons. The summed E-state index contributed by atoms with van der Waals surface area (Å²) in [7, 11) is 1.56. The molecule has 1 unspecified atom stereocenters. The third-order valence-corrected chi connectivity index (χ3v) is 2.92. The van der Waals surface area contributed by atoms with Crippen molar-refractivity contribution in [1.82, 2.24) is 15.3 Å². The van der Waals surface area contributed by atoms with Crippen molar-refractivity contribution in [2.45, 2.75) is 19.9 Å². The maximum Gasteiger partial charge on any atom is 0.257 e. The third kappa shape index (κ3) is 2.85. The van der Waals surface area contributed by atoms with Crippen LogP contribution in [0, 0.1) is 6.92 Å². The molecule has 0 fully saturated rings. The van der Waals surface area contributed by atoms with Crippen molar-refractivity contribution in [3.63, 3.8) is 0 Å². The van der Waals surface area contributed by atoms with Crippen LogP contribution in [0.1, 0.15) is 23.0 Å². The number of hydrogen-bond acceptors (Lipinski definition) is 4. The minimum absolute atomic E-state index is 0.0751. The van der Waals surface area contributed by atoms with Gasteiger partial charge in [-0.15, -0.1) is 0 Å². The molecular formula is C14H17N3O3. The fourth-order valence-electron chi connectivity index (χ4n) is 1.96. The summed E-state index contributed by atoms with van der Waals surface area (Å²) in [5, 5.41) is 3.11. The highest BCUT2D eigenvalue weighted by molar-refractivity contribution is 5.96. The van der Waals surface area contributed by atoms with Crippen LogP contribution in [0.5, 0.6) is 0 Å². The molecule has 0 bridgehead atoms. The van der Waals surface area contributed by atoms with Crippen LogP contribution in [-0.4, -0.2) is 35.6 Å². The van der Waals surface area contributed by atoms with Crippen LogP contribution in [0.3, 0.4) is 0 Å². The summed E-state index contributed by atoms with van der Waals surface area (Å²) in [6.45, 7) is 4.03. The fraction of sp³-hybridized carbons (Fsp3) is 0.357. The normalized spacial score (nSPS) is 12.3. The van der Waals surface area contributed by atoms with Gasteiger partial charge in [0.1, 0.15) is 11.2 Å². The summed E-state index contributed by atoms with van der Waals surface area (Å²) < 4.78 is 4.94. The SMILES string of the molecule is COCC(C)NC(=O)c1c[nH]c2nc(C)ccc2c1=O. The zero-order valence-corrected chi connectivity index (χ0v) is 11.7. The summed E-state index contributed by atoms with van der Waals surface area (Å²) >= 11 is 0. The lowest BCUT2D eigenvalue weighted by atomic mass is 10.1. The Balaban J connectivity index is 2.36. The number of H-pyrrole nitrogens is 1. The molecule has 1 atom stereocenters. The molecular weight excluding hydrogens is 258 g/mol. The van der Waals surface area contributed by atoms with E-state index < -0.39 is 5.91 Å². The maximum absolute atomic E-state index is 12.3. The Morgan fingerprint density at radius 2 is 2.25 bits per heavy atom. The maximum atomic E-state index is 12.3. The number of hydrogen-bond donors (Lipinski definition) is 2. The van der Waals surface area contributed by atoms with Crippen molar-refractivity contribution in [1.29, 1.82) is 0 Å². The van der Waals surface area contributed by atoms with Crippen molar-refractivity contribution in [2.24, 2.45) is 0 Å². The van der Waals surface area contributed by atoms with Crippen molar-refractivity contribution in [3.8, 4) is 0 Å². The lowest BCUT2D eigenvalue weighted by molar-refractivity contribution is 0.0904. The standard InChI is InChI=1S/C14H17N3O3/c1-8-4-5-10-12(18)11(6-15-13(10)16-8)14(19)17-9(2)7-20-3/h4-6,9H,7H2,1-3H3,(H,17,19)(H,15,16,18). The van der Waals surface area contributed by atoms with E-state index in [0.717, 1.165) is 5.69 Å². The van der Waals surface area contributed by atoms with Gasteiger partial charge in [0.05, 0.1) is 12.0 Å². The molecule has 2 aromatic rings. The second kappa shape index (κ2) is 5.83. The van der Waals surface area contributed by atoms with Gasteiger partial charge in [-0.05, 0) is 26.0 Å². The number of nitrogens with zero attached hydrogens (tertiary/aromatic N) is 1. The van der Waals surface area contributed by atoms with Gasteiger partial charge < -0.3 is 15.0 Å². The molecule has 0 saturated heterocycles. The van der Waals surface area contributed by atoms with Crippen LogP contribution in [-0.2, 0) is 4.74 Å². The van der Waals surface area contributed by atoms with Crippen molar-refractivity contribution >= 4 is 16.9 Å². The molecule has 0 aliphatic carbocycles. The summed E-state index contributed by atoms with van der Waals surface area (Å²) in [6, 6.07) is 3.25. The van der Waals surface area contributed by atoms with Gasteiger partial charge in [0, 0.05) is 25.0 Å². The van der Waals surface area contributed by atoms with Crippen LogP contribution in [0.15, 0.2) is 23.1 Å². The van der Waals surface area contributed by atoms with E-state index in [-0.39, 0.29) is 17.0 Å². The molecule has 1 amide bonds. The molecule has 2 heterocycles. The van der Waals surface area contributed by atoms with E-state index in [1.54, 1.807) is 19.2 Å². The average molecular weight is 275 g/mol.